The number of halogens is 1. The summed E-state index contributed by atoms with van der Waals surface area (Å²) < 4.78 is 13.5. The lowest BCUT2D eigenvalue weighted by Gasteiger charge is -2.20. The summed E-state index contributed by atoms with van der Waals surface area (Å²) in [5.74, 6) is -0.940. The highest BCUT2D eigenvalue weighted by molar-refractivity contribution is 5.94. The van der Waals surface area contributed by atoms with E-state index in [-0.39, 0.29) is 24.1 Å². The van der Waals surface area contributed by atoms with E-state index in [2.05, 4.69) is 5.32 Å². The summed E-state index contributed by atoms with van der Waals surface area (Å²) in [6, 6.07) is 4.02. The maximum Gasteiger partial charge on any atom is 0.254 e. The minimum Gasteiger partial charge on any atom is -0.394 e. The third-order valence-electron chi connectivity index (χ3n) is 2.68. The van der Waals surface area contributed by atoms with Gasteiger partial charge >= 0.3 is 0 Å². The Hall–Kier alpha value is -1.42. The van der Waals surface area contributed by atoms with Gasteiger partial charge in [-0.1, -0.05) is 25.5 Å². The van der Waals surface area contributed by atoms with Gasteiger partial charge in [-0.25, -0.2) is 4.39 Å². The van der Waals surface area contributed by atoms with Crippen LogP contribution in [0.25, 0.3) is 0 Å². The first-order valence-corrected chi connectivity index (χ1v) is 5.63. The summed E-state index contributed by atoms with van der Waals surface area (Å²) in [5.41, 5.74) is 0.839. The lowest BCUT2D eigenvalue weighted by Crippen LogP contribution is -2.41. The first kappa shape index (κ1) is 13.6. The predicted octanol–water partition coefficient (Wildman–Crippen LogP) is 1.88. The largest absolute Gasteiger partial charge is 0.394 e. The van der Waals surface area contributed by atoms with Crippen molar-refractivity contribution in [2.24, 2.45) is 5.92 Å². The summed E-state index contributed by atoms with van der Waals surface area (Å²) >= 11 is 0. The quantitative estimate of drug-likeness (QED) is 0.842. The molecule has 1 rings (SSSR count). The van der Waals surface area contributed by atoms with Crippen molar-refractivity contribution in [1.82, 2.24) is 5.32 Å². The van der Waals surface area contributed by atoms with Gasteiger partial charge in [-0.15, -0.1) is 0 Å². The molecule has 0 heterocycles. The summed E-state index contributed by atoms with van der Waals surface area (Å²) in [7, 11) is 0. The first-order valence-electron chi connectivity index (χ1n) is 5.63. The second-order valence-electron chi connectivity index (χ2n) is 4.49. The molecule has 1 aromatic rings. The molecular weight excluding hydrogens is 221 g/mol. The van der Waals surface area contributed by atoms with E-state index in [1.165, 1.54) is 12.1 Å². The molecule has 0 saturated carbocycles. The van der Waals surface area contributed by atoms with E-state index >= 15 is 0 Å². The van der Waals surface area contributed by atoms with Gasteiger partial charge in [0.1, 0.15) is 5.82 Å². The number of hydrogen-bond acceptors (Lipinski definition) is 2. The van der Waals surface area contributed by atoms with Gasteiger partial charge in [-0.3, -0.25) is 4.79 Å². The zero-order chi connectivity index (χ0) is 13.0. The van der Waals surface area contributed by atoms with Crippen LogP contribution in [0, 0.1) is 18.7 Å². The Labute approximate surface area is 101 Å². The maximum atomic E-state index is 13.5. The Morgan fingerprint density at radius 1 is 1.47 bits per heavy atom. The second kappa shape index (κ2) is 5.77. The Kier molecular flexibility index (Phi) is 4.63. The predicted molar refractivity (Wildman–Crippen MR) is 64.3 cm³/mol. The van der Waals surface area contributed by atoms with Crippen molar-refractivity contribution in [2.45, 2.75) is 26.8 Å². The molecule has 0 unspecified atom stereocenters. The van der Waals surface area contributed by atoms with E-state index in [0.29, 0.717) is 0 Å². The van der Waals surface area contributed by atoms with Crippen LogP contribution in [0.4, 0.5) is 4.39 Å². The van der Waals surface area contributed by atoms with Gasteiger partial charge in [0.2, 0.25) is 0 Å². The average Bonchev–Trinajstić information content (AvgIpc) is 2.28. The second-order valence-corrected chi connectivity index (χ2v) is 4.49. The van der Waals surface area contributed by atoms with E-state index in [1.54, 1.807) is 13.0 Å². The van der Waals surface area contributed by atoms with Crippen LogP contribution in [0.3, 0.4) is 0 Å². The Balaban J connectivity index is 2.86. The fourth-order valence-corrected chi connectivity index (χ4v) is 1.48. The Morgan fingerprint density at radius 3 is 2.65 bits per heavy atom. The molecule has 1 aromatic carbocycles. The Morgan fingerprint density at radius 2 is 2.12 bits per heavy atom. The van der Waals surface area contributed by atoms with Crippen LogP contribution in [0.2, 0.25) is 0 Å². The van der Waals surface area contributed by atoms with Gasteiger partial charge in [0.05, 0.1) is 18.2 Å². The number of aryl methyl sites for hydroxylation is 1. The van der Waals surface area contributed by atoms with Crippen LogP contribution < -0.4 is 5.32 Å². The zero-order valence-corrected chi connectivity index (χ0v) is 10.3. The number of aliphatic hydroxyl groups is 1. The van der Waals surface area contributed by atoms with Crippen LogP contribution in [0.15, 0.2) is 18.2 Å². The van der Waals surface area contributed by atoms with Crippen LogP contribution >= 0.6 is 0 Å². The molecule has 0 aliphatic carbocycles. The highest BCUT2D eigenvalue weighted by Gasteiger charge is 2.18. The summed E-state index contributed by atoms with van der Waals surface area (Å²) in [5, 5.41) is 11.7. The summed E-state index contributed by atoms with van der Waals surface area (Å²) in [6.45, 7) is 5.40. The number of rotatable bonds is 4. The number of amides is 1. The number of hydrogen-bond donors (Lipinski definition) is 2. The van der Waals surface area contributed by atoms with Crippen molar-refractivity contribution in [3.63, 3.8) is 0 Å². The van der Waals surface area contributed by atoms with E-state index in [0.717, 1.165) is 5.56 Å². The smallest absolute Gasteiger partial charge is 0.254 e. The highest BCUT2D eigenvalue weighted by atomic mass is 19.1. The van der Waals surface area contributed by atoms with Crippen LogP contribution in [-0.2, 0) is 0 Å². The van der Waals surface area contributed by atoms with Crippen LogP contribution in [0.1, 0.15) is 29.8 Å². The van der Waals surface area contributed by atoms with Gasteiger partial charge < -0.3 is 10.4 Å². The van der Waals surface area contributed by atoms with Gasteiger partial charge in [0.15, 0.2) is 0 Å². The SMILES string of the molecule is Cc1ccc(F)c(C(=O)N[C@H](CO)C(C)C)c1. The van der Waals surface area contributed by atoms with Crippen molar-refractivity contribution >= 4 is 5.91 Å². The molecule has 17 heavy (non-hydrogen) atoms. The number of nitrogens with one attached hydrogen (secondary N) is 1. The first-order chi connectivity index (χ1) is 7.95. The van der Waals surface area contributed by atoms with Gasteiger partial charge in [-0.05, 0) is 25.0 Å². The van der Waals surface area contributed by atoms with E-state index in [9.17, 15) is 9.18 Å². The van der Waals surface area contributed by atoms with Crippen molar-refractivity contribution < 1.29 is 14.3 Å². The fraction of sp³-hybridized carbons (Fsp3) is 0.462. The molecule has 4 heteroatoms. The molecule has 2 N–H and O–H groups in total. The summed E-state index contributed by atoms with van der Waals surface area (Å²) in [6.07, 6.45) is 0. The van der Waals surface area contributed by atoms with Gasteiger partial charge in [0.25, 0.3) is 5.91 Å². The van der Waals surface area contributed by atoms with Gasteiger partial charge in [0, 0.05) is 0 Å². The molecule has 0 bridgehead atoms. The lowest BCUT2D eigenvalue weighted by molar-refractivity contribution is 0.0892. The normalized spacial score (nSPS) is 12.6. The van der Waals surface area contributed by atoms with Crippen LogP contribution in [0.5, 0.6) is 0 Å². The molecule has 0 spiro atoms. The third kappa shape index (κ3) is 3.53. The number of aliphatic hydroxyl groups excluding tert-OH is 1. The van der Waals surface area contributed by atoms with Crippen molar-refractivity contribution in [3.05, 3.63) is 35.1 Å². The maximum absolute atomic E-state index is 13.5. The van der Waals surface area contributed by atoms with Crippen molar-refractivity contribution in [1.29, 1.82) is 0 Å². The fourth-order valence-electron chi connectivity index (χ4n) is 1.48. The highest BCUT2D eigenvalue weighted by Crippen LogP contribution is 2.11. The Bertz CT molecular complexity index is 404. The molecule has 94 valence electrons. The van der Waals surface area contributed by atoms with E-state index in [4.69, 9.17) is 5.11 Å². The molecule has 1 atom stereocenters. The van der Waals surface area contributed by atoms with Crippen molar-refractivity contribution in [2.75, 3.05) is 6.61 Å². The minimum absolute atomic E-state index is 0.0177. The molecule has 3 nitrogen and oxygen atoms in total. The average molecular weight is 239 g/mol. The minimum atomic E-state index is -0.548. The van der Waals surface area contributed by atoms with Crippen molar-refractivity contribution in [3.8, 4) is 0 Å². The number of benzene rings is 1. The summed E-state index contributed by atoms with van der Waals surface area (Å²) in [4.78, 5) is 11.8. The topological polar surface area (TPSA) is 49.3 Å². The molecule has 0 fully saturated rings. The van der Waals surface area contributed by atoms with E-state index in [1.807, 2.05) is 13.8 Å². The number of carbonyl (C=O) groups is 1. The third-order valence-corrected chi connectivity index (χ3v) is 2.68. The molecule has 0 aliphatic rings. The molecule has 0 aliphatic heterocycles. The molecular formula is C13H18FNO2. The number of carbonyl (C=O) groups excluding carboxylic acids is 1. The zero-order valence-electron chi connectivity index (χ0n) is 10.3. The lowest BCUT2D eigenvalue weighted by atomic mass is 10.0. The molecule has 1 amide bonds. The van der Waals surface area contributed by atoms with Crippen LogP contribution in [-0.4, -0.2) is 23.7 Å². The standard InChI is InChI=1S/C13H18FNO2/c1-8(2)12(7-16)15-13(17)10-6-9(3)4-5-11(10)14/h4-6,8,12,16H,7H2,1-3H3,(H,15,17)/t12-/m1/s1. The monoisotopic (exact) mass is 239 g/mol. The van der Waals surface area contributed by atoms with E-state index < -0.39 is 11.7 Å². The molecule has 0 aromatic heterocycles. The molecule has 0 radical (unpaired) electrons. The molecule has 0 saturated heterocycles. The van der Waals surface area contributed by atoms with Gasteiger partial charge in [-0.2, -0.15) is 0 Å².